The molecule has 25 heavy (non-hydrogen) atoms. The smallest absolute Gasteiger partial charge is 0.336 e. The van der Waals surface area contributed by atoms with Crippen LogP contribution in [-0.2, 0) is 19.1 Å². The summed E-state index contributed by atoms with van der Waals surface area (Å²) in [5.41, 5.74) is 2.17. The van der Waals surface area contributed by atoms with Gasteiger partial charge in [0.2, 0.25) is 0 Å². The Morgan fingerprint density at radius 3 is 2.76 bits per heavy atom. The Kier molecular flexibility index (Phi) is 6.73. The van der Waals surface area contributed by atoms with E-state index in [1.165, 1.54) is 0 Å². The van der Waals surface area contributed by atoms with Crippen molar-refractivity contribution in [2.24, 2.45) is 5.92 Å². The van der Waals surface area contributed by atoms with E-state index in [0.29, 0.717) is 31.3 Å². The summed E-state index contributed by atoms with van der Waals surface area (Å²) in [5.74, 6) is -1.18. The molecule has 2 atom stereocenters. The van der Waals surface area contributed by atoms with Gasteiger partial charge in [-0.3, -0.25) is 0 Å². The Labute approximate surface area is 147 Å². The second kappa shape index (κ2) is 8.78. The molecular formula is C19H24O6. The van der Waals surface area contributed by atoms with Gasteiger partial charge in [0.15, 0.2) is 0 Å². The molecule has 6 nitrogen and oxygen atoms in total. The summed E-state index contributed by atoms with van der Waals surface area (Å²) >= 11 is 0. The molecular weight excluding hydrogens is 324 g/mol. The van der Waals surface area contributed by atoms with Crippen LogP contribution in [0, 0.1) is 5.92 Å². The van der Waals surface area contributed by atoms with Crippen molar-refractivity contribution >= 4 is 11.9 Å². The lowest BCUT2D eigenvalue weighted by Gasteiger charge is -2.19. The molecule has 0 spiro atoms. The Balaban J connectivity index is 2.12. The maximum Gasteiger partial charge on any atom is 0.336 e. The molecule has 1 aliphatic heterocycles. The van der Waals surface area contributed by atoms with Crippen molar-refractivity contribution in [3.05, 3.63) is 47.6 Å². The summed E-state index contributed by atoms with van der Waals surface area (Å²) in [6.07, 6.45) is 5.97. The predicted octanol–water partition coefficient (Wildman–Crippen LogP) is 1.59. The van der Waals surface area contributed by atoms with E-state index >= 15 is 0 Å². The van der Waals surface area contributed by atoms with E-state index in [-0.39, 0.29) is 30.8 Å². The molecule has 0 saturated carbocycles. The van der Waals surface area contributed by atoms with Crippen LogP contribution in [0.1, 0.15) is 25.7 Å². The maximum atomic E-state index is 11.8. The van der Waals surface area contributed by atoms with Crippen LogP contribution in [0.5, 0.6) is 0 Å². The molecule has 2 N–H and O–H groups in total. The Morgan fingerprint density at radius 1 is 1.32 bits per heavy atom. The van der Waals surface area contributed by atoms with Gasteiger partial charge in [-0.2, -0.15) is 0 Å². The quantitative estimate of drug-likeness (QED) is 0.445. The number of ether oxygens (including phenoxy) is 2. The third kappa shape index (κ3) is 4.90. The van der Waals surface area contributed by atoms with Gasteiger partial charge in [0.1, 0.15) is 12.7 Å². The summed E-state index contributed by atoms with van der Waals surface area (Å²) in [7, 11) is 0. The first-order valence-corrected chi connectivity index (χ1v) is 8.28. The molecule has 0 radical (unpaired) electrons. The van der Waals surface area contributed by atoms with Crippen molar-refractivity contribution in [1.82, 2.24) is 0 Å². The first-order valence-electron chi connectivity index (χ1n) is 8.28. The molecule has 1 heterocycles. The number of hydrogen-bond acceptors (Lipinski definition) is 6. The summed E-state index contributed by atoms with van der Waals surface area (Å²) in [6.45, 7) is 6.82. The van der Waals surface area contributed by atoms with Gasteiger partial charge in [0.05, 0.1) is 18.8 Å². The zero-order chi connectivity index (χ0) is 18.4. The molecule has 2 aliphatic rings. The van der Waals surface area contributed by atoms with Crippen LogP contribution in [0.25, 0.3) is 0 Å². The number of aliphatic hydroxyl groups excluding tert-OH is 2. The molecule has 0 unspecified atom stereocenters. The minimum absolute atomic E-state index is 0.00570. The number of allylic oxidation sites excluding steroid dienone is 2. The average Bonchev–Trinajstić information content (AvgIpc) is 2.88. The van der Waals surface area contributed by atoms with Crippen LogP contribution in [0.15, 0.2) is 47.6 Å². The van der Waals surface area contributed by atoms with Gasteiger partial charge in [-0.05, 0) is 30.4 Å². The summed E-state index contributed by atoms with van der Waals surface area (Å²) in [6, 6.07) is 0. The number of rotatable bonds is 5. The SMILES string of the molecule is C=C(CO)C(=O)OCC1=CC[C@@H]2C(=C)C(=O)O[C@@H]2CC(CO)=CCC1. The maximum absolute atomic E-state index is 11.8. The number of fused-ring (bicyclic) bond motifs is 1. The molecule has 6 heteroatoms. The van der Waals surface area contributed by atoms with E-state index in [2.05, 4.69) is 13.2 Å². The number of hydrogen-bond donors (Lipinski definition) is 2. The van der Waals surface area contributed by atoms with E-state index in [9.17, 15) is 14.7 Å². The zero-order valence-electron chi connectivity index (χ0n) is 14.2. The van der Waals surface area contributed by atoms with E-state index in [1.807, 2.05) is 12.2 Å². The molecule has 1 saturated heterocycles. The predicted molar refractivity (Wildman–Crippen MR) is 91.4 cm³/mol. The summed E-state index contributed by atoms with van der Waals surface area (Å²) in [4.78, 5) is 23.4. The van der Waals surface area contributed by atoms with Crippen molar-refractivity contribution < 1.29 is 29.3 Å². The van der Waals surface area contributed by atoms with E-state index in [1.54, 1.807) is 0 Å². The first-order chi connectivity index (χ1) is 12.0. The van der Waals surface area contributed by atoms with Gasteiger partial charge < -0.3 is 19.7 Å². The van der Waals surface area contributed by atoms with E-state index < -0.39 is 18.5 Å². The van der Waals surface area contributed by atoms with Crippen LogP contribution in [0.4, 0.5) is 0 Å². The van der Waals surface area contributed by atoms with E-state index in [4.69, 9.17) is 14.6 Å². The lowest BCUT2D eigenvalue weighted by molar-refractivity contribution is -0.139. The normalized spacial score (nSPS) is 23.9. The molecule has 1 fully saturated rings. The second-order valence-corrected chi connectivity index (χ2v) is 6.27. The van der Waals surface area contributed by atoms with Gasteiger partial charge in [-0.15, -0.1) is 0 Å². The first kappa shape index (κ1) is 19.1. The average molecular weight is 348 g/mol. The van der Waals surface area contributed by atoms with Crippen molar-refractivity contribution in [2.75, 3.05) is 19.8 Å². The highest BCUT2D eigenvalue weighted by atomic mass is 16.6. The highest BCUT2D eigenvalue weighted by molar-refractivity contribution is 5.91. The lowest BCUT2D eigenvalue weighted by Crippen LogP contribution is -2.19. The number of esters is 2. The van der Waals surface area contributed by atoms with Gasteiger partial charge in [-0.1, -0.05) is 25.3 Å². The Hall–Kier alpha value is -2.18. The van der Waals surface area contributed by atoms with Crippen LogP contribution in [0.3, 0.4) is 0 Å². The third-order valence-corrected chi connectivity index (χ3v) is 4.51. The molecule has 0 bridgehead atoms. The highest BCUT2D eigenvalue weighted by Crippen LogP contribution is 2.34. The largest absolute Gasteiger partial charge is 0.458 e. The standard InChI is InChI=1S/C19H24O6/c1-12(9-20)18(22)24-11-14-4-3-5-15(10-21)8-17-16(7-6-14)13(2)19(23)25-17/h5-6,16-17,20-21H,1-4,7-11H2/t16-,17-/m1/s1. The number of carbonyl (C=O) groups excluding carboxylic acids is 2. The van der Waals surface area contributed by atoms with Crippen LogP contribution >= 0.6 is 0 Å². The second-order valence-electron chi connectivity index (χ2n) is 6.27. The Morgan fingerprint density at radius 2 is 2.08 bits per heavy atom. The fraction of sp³-hybridized carbons (Fsp3) is 0.474. The fourth-order valence-electron chi connectivity index (χ4n) is 2.93. The molecule has 136 valence electrons. The molecule has 0 amide bonds. The van der Waals surface area contributed by atoms with E-state index in [0.717, 1.165) is 11.1 Å². The van der Waals surface area contributed by atoms with Crippen LogP contribution in [-0.4, -0.2) is 48.1 Å². The molecule has 0 aromatic heterocycles. The summed E-state index contributed by atoms with van der Waals surface area (Å²) in [5, 5.41) is 18.4. The van der Waals surface area contributed by atoms with Crippen molar-refractivity contribution in [3.8, 4) is 0 Å². The number of aliphatic hydroxyl groups is 2. The van der Waals surface area contributed by atoms with Crippen molar-refractivity contribution in [3.63, 3.8) is 0 Å². The monoisotopic (exact) mass is 348 g/mol. The van der Waals surface area contributed by atoms with Crippen LogP contribution < -0.4 is 0 Å². The van der Waals surface area contributed by atoms with Gasteiger partial charge >= 0.3 is 11.9 Å². The molecule has 0 aromatic carbocycles. The number of carbonyl (C=O) groups is 2. The molecule has 2 rings (SSSR count). The van der Waals surface area contributed by atoms with Crippen molar-refractivity contribution in [2.45, 2.75) is 31.8 Å². The highest BCUT2D eigenvalue weighted by Gasteiger charge is 2.38. The Bertz CT molecular complexity index is 628. The zero-order valence-corrected chi connectivity index (χ0v) is 14.2. The topological polar surface area (TPSA) is 93.1 Å². The third-order valence-electron chi connectivity index (χ3n) is 4.51. The fourth-order valence-corrected chi connectivity index (χ4v) is 2.93. The lowest BCUT2D eigenvalue weighted by atomic mass is 9.87. The minimum Gasteiger partial charge on any atom is -0.458 e. The molecule has 0 aromatic rings. The van der Waals surface area contributed by atoms with Crippen LogP contribution in [0.2, 0.25) is 0 Å². The summed E-state index contributed by atoms with van der Waals surface area (Å²) < 4.78 is 10.5. The van der Waals surface area contributed by atoms with Crippen molar-refractivity contribution in [1.29, 1.82) is 0 Å². The van der Waals surface area contributed by atoms with Gasteiger partial charge in [0, 0.05) is 17.9 Å². The molecule has 1 aliphatic carbocycles. The van der Waals surface area contributed by atoms with Gasteiger partial charge in [0.25, 0.3) is 0 Å². The minimum atomic E-state index is -0.631. The van der Waals surface area contributed by atoms with Gasteiger partial charge in [-0.25, -0.2) is 9.59 Å².